The van der Waals surface area contributed by atoms with Crippen molar-refractivity contribution >= 4 is 0 Å². The highest BCUT2D eigenvalue weighted by molar-refractivity contribution is 4.78. The first-order chi connectivity index (χ1) is 7.81. The normalized spacial score (nSPS) is 21.2. The molecule has 0 radical (unpaired) electrons. The first-order valence-corrected chi connectivity index (χ1v) is 6.27. The quantitative estimate of drug-likeness (QED) is 0.704. The Hall–Kier alpha value is -0.160. The summed E-state index contributed by atoms with van der Waals surface area (Å²) in [4.78, 5) is 2.52. The van der Waals surface area contributed by atoms with Crippen molar-refractivity contribution in [2.75, 3.05) is 40.5 Å². The van der Waals surface area contributed by atoms with Crippen LogP contribution in [-0.2, 0) is 9.47 Å². The molecule has 0 aromatic rings. The van der Waals surface area contributed by atoms with Crippen LogP contribution < -0.4 is 5.73 Å². The second kappa shape index (κ2) is 8.01. The van der Waals surface area contributed by atoms with E-state index in [9.17, 15) is 0 Å². The van der Waals surface area contributed by atoms with E-state index in [0.717, 1.165) is 51.9 Å². The summed E-state index contributed by atoms with van der Waals surface area (Å²) in [5.74, 6) is 0. The lowest BCUT2D eigenvalue weighted by molar-refractivity contribution is 0.00836. The SMILES string of the molecule is COCC(CCCN)N1CCC(OC)CC1. The first kappa shape index (κ1) is 13.9. The number of hydrogen-bond acceptors (Lipinski definition) is 4. The van der Waals surface area contributed by atoms with Crippen molar-refractivity contribution in [2.24, 2.45) is 5.73 Å². The summed E-state index contributed by atoms with van der Waals surface area (Å²) in [5, 5.41) is 0. The molecule has 4 nitrogen and oxygen atoms in total. The largest absolute Gasteiger partial charge is 0.383 e. The fourth-order valence-electron chi connectivity index (χ4n) is 2.39. The highest BCUT2D eigenvalue weighted by atomic mass is 16.5. The van der Waals surface area contributed by atoms with E-state index in [-0.39, 0.29) is 0 Å². The first-order valence-electron chi connectivity index (χ1n) is 6.27. The highest BCUT2D eigenvalue weighted by Crippen LogP contribution is 2.17. The molecular formula is C12H26N2O2. The summed E-state index contributed by atoms with van der Waals surface area (Å²) in [6.07, 6.45) is 4.95. The average Bonchev–Trinajstić information content (AvgIpc) is 2.35. The molecule has 1 unspecified atom stereocenters. The van der Waals surface area contributed by atoms with Gasteiger partial charge in [0.15, 0.2) is 0 Å². The smallest absolute Gasteiger partial charge is 0.0618 e. The van der Waals surface area contributed by atoms with Crippen LogP contribution in [0.3, 0.4) is 0 Å². The molecule has 0 saturated carbocycles. The number of methoxy groups -OCH3 is 2. The van der Waals surface area contributed by atoms with Gasteiger partial charge in [-0.2, -0.15) is 0 Å². The van der Waals surface area contributed by atoms with Gasteiger partial charge in [0, 0.05) is 33.4 Å². The zero-order chi connectivity index (χ0) is 11.8. The van der Waals surface area contributed by atoms with Gasteiger partial charge in [-0.05, 0) is 32.2 Å². The van der Waals surface area contributed by atoms with E-state index in [2.05, 4.69) is 4.90 Å². The maximum absolute atomic E-state index is 5.57. The lowest BCUT2D eigenvalue weighted by atomic mass is 10.0. The highest BCUT2D eigenvalue weighted by Gasteiger charge is 2.24. The minimum atomic E-state index is 0.453. The van der Waals surface area contributed by atoms with Crippen molar-refractivity contribution < 1.29 is 9.47 Å². The van der Waals surface area contributed by atoms with Crippen LogP contribution in [0.5, 0.6) is 0 Å². The number of ether oxygens (including phenoxy) is 2. The van der Waals surface area contributed by atoms with E-state index >= 15 is 0 Å². The maximum Gasteiger partial charge on any atom is 0.0618 e. The summed E-state index contributed by atoms with van der Waals surface area (Å²) in [5.41, 5.74) is 5.57. The zero-order valence-electron chi connectivity index (χ0n) is 10.7. The Balaban J connectivity index is 2.33. The fraction of sp³-hybridized carbons (Fsp3) is 1.00. The van der Waals surface area contributed by atoms with Gasteiger partial charge in [0.05, 0.1) is 12.7 Å². The molecule has 2 N–H and O–H groups in total. The maximum atomic E-state index is 5.57. The monoisotopic (exact) mass is 230 g/mol. The van der Waals surface area contributed by atoms with Crippen LogP contribution in [0.2, 0.25) is 0 Å². The number of nitrogens with two attached hydrogens (primary N) is 1. The molecular weight excluding hydrogens is 204 g/mol. The van der Waals surface area contributed by atoms with Crippen LogP contribution in [0.25, 0.3) is 0 Å². The molecule has 1 heterocycles. The van der Waals surface area contributed by atoms with Gasteiger partial charge in [0.1, 0.15) is 0 Å². The summed E-state index contributed by atoms with van der Waals surface area (Å²) >= 11 is 0. The molecule has 0 amide bonds. The number of likely N-dealkylation sites (tertiary alicyclic amines) is 1. The molecule has 0 aromatic heterocycles. The second-order valence-corrected chi connectivity index (χ2v) is 4.51. The molecule has 96 valence electrons. The van der Waals surface area contributed by atoms with E-state index in [4.69, 9.17) is 15.2 Å². The van der Waals surface area contributed by atoms with Crippen molar-refractivity contribution in [1.82, 2.24) is 4.90 Å². The third kappa shape index (κ3) is 4.37. The molecule has 4 heteroatoms. The molecule has 1 atom stereocenters. The topological polar surface area (TPSA) is 47.7 Å². The van der Waals surface area contributed by atoms with Gasteiger partial charge in [-0.15, -0.1) is 0 Å². The van der Waals surface area contributed by atoms with Crippen LogP contribution in [0, 0.1) is 0 Å². The Morgan fingerprint density at radius 2 is 2.00 bits per heavy atom. The Labute approximate surface area is 99.1 Å². The molecule has 1 aliphatic heterocycles. The van der Waals surface area contributed by atoms with Crippen LogP contribution in [0.15, 0.2) is 0 Å². The number of nitrogens with zero attached hydrogens (tertiary/aromatic N) is 1. The van der Waals surface area contributed by atoms with E-state index in [1.54, 1.807) is 14.2 Å². The molecule has 1 aliphatic rings. The predicted octanol–water partition coefficient (Wildman–Crippen LogP) is 0.851. The Bertz CT molecular complexity index is 170. The fourth-order valence-corrected chi connectivity index (χ4v) is 2.39. The number of rotatable bonds is 7. The van der Waals surface area contributed by atoms with Crippen LogP contribution >= 0.6 is 0 Å². The molecule has 1 fully saturated rings. The minimum absolute atomic E-state index is 0.453. The summed E-state index contributed by atoms with van der Waals surface area (Å²) in [6.45, 7) is 3.83. The number of hydrogen-bond donors (Lipinski definition) is 1. The lowest BCUT2D eigenvalue weighted by Gasteiger charge is -2.36. The van der Waals surface area contributed by atoms with E-state index < -0.39 is 0 Å². The van der Waals surface area contributed by atoms with E-state index in [0.29, 0.717) is 12.1 Å². The summed E-state index contributed by atoms with van der Waals surface area (Å²) in [7, 11) is 3.58. The van der Waals surface area contributed by atoms with Crippen LogP contribution in [-0.4, -0.2) is 57.5 Å². The lowest BCUT2D eigenvalue weighted by Crippen LogP contribution is -2.45. The molecule has 0 aromatic carbocycles. The third-order valence-corrected chi connectivity index (χ3v) is 3.43. The van der Waals surface area contributed by atoms with E-state index in [1.807, 2.05) is 0 Å². The van der Waals surface area contributed by atoms with Gasteiger partial charge >= 0.3 is 0 Å². The standard InChI is InChI=1S/C12H26N2O2/c1-15-10-11(4-3-7-13)14-8-5-12(16-2)6-9-14/h11-12H,3-10,13H2,1-2H3. The van der Waals surface area contributed by atoms with Crippen molar-refractivity contribution in [1.29, 1.82) is 0 Å². The molecule has 0 spiro atoms. The summed E-state index contributed by atoms with van der Waals surface area (Å²) in [6, 6.07) is 0.534. The molecule has 0 bridgehead atoms. The molecule has 0 aliphatic carbocycles. The van der Waals surface area contributed by atoms with Crippen LogP contribution in [0.4, 0.5) is 0 Å². The molecule has 1 rings (SSSR count). The second-order valence-electron chi connectivity index (χ2n) is 4.51. The van der Waals surface area contributed by atoms with Gasteiger partial charge in [-0.25, -0.2) is 0 Å². The van der Waals surface area contributed by atoms with Gasteiger partial charge in [-0.1, -0.05) is 0 Å². The molecule has 1 saturated heterocycles. The Morgan fingerprint density at radius 3 is 2.50 bits per heavy atom. The summed E-state index contributed by atoms with van der Waals surface area (Å²) < 4.78 is 10.7. The molecule has 16 heavy (non-hydrogen) atoms. The average molecular weight is 230 g/mol. The van der Waals surface area contributed by atoms with Crippen molar-refractivity contribution in [3.8, 4) is 0 Å². The van der Waals surface area contributed by atoms with Gasteiger partial charge < -0.3 is 15.2 Å². The number of piperidine rings is 1. The van der Waals surface area contributed by atoms with Crippen molar-refractivity contribution in [2.45, 2.75) is 37.8 Å². The minimum Gasteiger partial charge on any atom is -0.383 e. The Morgan fingerprint density at radius 1 is 1.31 bits per heavy atom. The van der Waals surface area contributed by atoms with Gasteiger partial charge in [0.25, 0.3) is 0 Å². The van der Waals surface area contributed by atoms with Gasteiger partial charge in [-0.3, -0.25) is 4.90 Å². The third-order valence-electron chi connectivity index (χ3n) is 3.43. The predicted molar refractivity (Wildman–Crippen MR) is 65.6 cm³/mol. The van der Waals surface area contributed by atoms with Crippen LogP contribution in [0.1, 0.15) is 25.7 Å². The van der Waals surface area contributed by atoms with Crippen molar-refractivity contribution in [3.63, 3.8) is 0 Å². The van der Waals surface area contributed by atoms with Gasteiger partial charge in [0.2, 0.25) is 0 Å². The van der Waals surface area contributed by atoms with E-state index in [1.165, 1.54) is 0 Å². The Kier molecular flexibility index (Phi) is 6.96. The zero-order valence-corrected chi connectivity index (χ0v) is 10.7. The van der Waals surface area contributed by atoms with Crippen molar-refractivity contribution in [3.05, 3.63) is 0 Å².